The van der Waals surface area contributed by atoms with Crippen LogP contribution in [0.5, 0.6) is 5.75 Å². The molecule has 0 radical (unpaired) electrons. The minimum Gasteiger partial charge on any atom is -0.493 e. The number of fused-ring (bicyclic) bond motifs is 2. The van der Waals surface area contributed by atoms with E-state index in [1.807, 2.05) is 0 Å². The predicted octanol–water partition coefficient (Wildman–Crippen LogP) is 5.51. The molecule has 192 valence electrons. The van der Waals surface area contributed by atoms with Crippen molar-refractivity contribution in [2.24, 2.45) is 5.41 Å². The summed E-state index contributed by atoms with van der Waals surface area (Å²) in [5.74, 6) is -2.23. The Morgan fingerprint density at radius 1 is 1.11 bits per heavy atom. The van der Waals surface area contributed by atoms with Crippen molar-refractivity contribution < 1.29 is 37.0 Å². The summed E-state index contributed by atoms with van der Waals surface area (Å²) in [5.41, 5.74) is -3.90. The Morgan fingerprint density at radius 3 is 2.57 bits per heavy atom. The lowest BCUT2D eigenvalue weighted by Crippen LogP contribution is -2.46. The van der Waals surface area contributed by atoms with Gasteiger partial charge >= 0.3 is 5.97 Å². The van der Waals surface area contributed by atoms with Crippen LogP contribution in [0.25, 0.3) is 0 Å². The van der Waals surface area contributed by atoms with Crippen LogP contribution in [0.4, 0.5) is 17.6 Å². The molecule has 0 aromatic heterocycles. The number of amides is 1. The quantitative estimate of drug-likeness (QED) is 0.481. The van der Waals surface area contributed by atoms with Crippen molar-refractivity contribution in [3.63, 3.8) is 0 Å². The molecule has 9 heteroatoms. The third-order valence-electron chi connectivity index (χ3n) is 8.34. The second-order valence-corrected chi connectivity index (χ2v) is 11.2. The van der Waals surface area contributed by atoms with Gasteiger partial charge in [-0.15, -0.1) is 0 Å². The molecule has 5 nitrogen and oxygen atoms in total. The highest BCUT2D eigenvalue weighted by molar-refractivity contribution is 5.97. The van der Waals surface area contributed by atoms with Crippen molar-refractivity contribution >= 4 is 11.9 Å². The molecule has 1 aliphatic heterocycles. The van der Waals surface area contributed by atoms with E-state index in [1.54, 1.807) is 0 Å². The first kappa shape index (κ1) is 24.4. The highest BCUT2D eigenvalue weighted by atomic mass is 19.2. The zero-order valence-corrected chi connectivity index (χ0v) is 19.6. The number of nitrogens with zero attached hydrogens (tertiary/aromatic N) is 1. The van der Waals surface area contributed by atoms with Crippen LogP contribution < -0.4 is 4.74 Å². The maximum absolute atomic E-state index is 15.3. The van der Waals surface area contributed by atoms with Gasteiger partial charge in [0, 0.05) is 30.9 Å². The number of halogens is 4. The van der Waals surface area contributed by atoms with Gasteiger partial charge in [0.1, 0.15) is 28.9 Å². The summed E-state index contributed by atoms with van der Waals surface area (Å²) in [4.78, 5) is 25.7. The number of likely N-dealkylation sites (tertiary alicyclic amines) is 1. The number of benzene rings is 1. The Balaban J connectivity index is 1.38. The summed E-state index contributed by atoms with van der Waals surface area (Å²) < 4.78 is 64.7. The van der Waals surface area contributed by atoms with Gasteiger partial charge in [-0.1, -0.05) is 0 Å². The summed E-state index contributed by atoms with van der Waals surface area (Å²) in [6.45, 7) is -0.601. The monoisotopic (exact) mass is 497 g/mol. The first-order chi connectivity index (χ1) is 16.6. The first-order valence-corrected chi connectivity index (χ1v) is 12.5. The Bertz CT molecular complexity index is 1030. The fourth-order valence-electron chi connectivity index (χ4n) is 6.69. The lowest BCUT2D eigenvalue weighted by molar-refractivity contribution is -0.141. The van der Waals surface area contributed by atoms with Crippen LogP contribution in [0, 0.1) is 11.2 Å². The molecule has 4 aliphatic rings. The molecule has 1 N–H and O–H groups in total. The van der Waals surface area contributed by atoms with Crippen LogP contribution in [-0.4, -0.2) is 59.1 Å². The lowest BCUT2D eigenvalue weighted by atomic mass is 9.68. The first-order valence-electron chi connectivity index (χ1n) is 12.5. The number of carbonyl (C=O) groups is 2. The number of carbonyl (C=O) groups excluding carboxylic acids is 1. The Hall–Kier alpha value is -2.32. The van der Waals surface area contributed by atoms with Crippen molar-refractivity contribution in [1.29, 1.82) is 0 Å². The molecule has 2 bridgehead atoms. The van der Waals surface area contributed by atoms with Crippen molar-refractivity contribution in [3.05, 3.63) is 29.1 Å². The summed E-state index contributed by atoms with van der Waals surface area (Å²) in [6.07, 6.45) is 2.70. The summed E-state index contributed by atoms with van der Waals surface area (Å²) in [6, 6.07) is 1.63. The van der Waals surface area contributed by atoms with Crippen LogP contribution in [0.2, 0.25) is 0 Å². The second kappa shape index (κ2) is 8.66. The van der Waals surface area contributed by atoms with E-state index in [1.165, 1.54) is 11.0 Å². The smallest absolute Gasteiger partial charge is 0.326 e. The minimum absolute atomic E-state index is 0.00368. The second-order valence-electron chi connectivity index (χ2n) is 11.2. The van der Waals surface area contributed by atoms with Crippen LogP contribution in [0.1, 0.15) is 86.0 Å². The fourth-order valence-corrected chi connectivity index (χ4v) is 6.69. The summed E-state index contributed by atoms with van der Waals surface area (Å²) in [5, 5.41) is 9.40. The maximum atomic E-state index is 15.3. The Morgan fingerprint density at radius 2 is 1.89 bits per heavy atom. The molecule has 4 atom stereocenters. The zero-order valence-electron chi connectivity index (χ0n) is 19.6. The number of alkyl halides is 3. The number of aliphatic carboxylic acids is 1. The topological polar surface area (TPSA) is 66.8 Å². The van der Waals surface area contributed by atoms with Gasteiger partial charge in [-0.05, 0) is 68.9 Å². The van der Waals surface area contributed by atoms with Crippen molar-refractivity contribution in [2.75, 3.05) is 19.8 Å². The summed E-state index contributed by atoms with van der Waals surface area (Å²) in [7, 11) is 0. The van der Waals surface area contributed by atoms with Gasteiger partial charge in [-0.2, -0.15) is 0 Å². The lowest BCUT2D eigenvalue weighted by Gasteiger charge is -2.43. The van der Waals surface area contributed by atoms with E-state index < -0.39 is 47.2 Å². The van der Waals surface area contributed by atoms with Crippen molar-refractivity contribution in [1.82, 2.24) is 4.90 Å². The van der Waals surface area contributed by atoms with Crippen LogP contribution in [0.15, 0.2) is 12.1 Å². The standard InChI is InChI=1S/C26H31F4NO4/c27-8-7-26(30)13-24(5-6-25(29,12-24)14-26)15-35-21-11-19(28)18(10-17(21)16-3-4-16)22(32)31-9-1-2-20(31)23(33)34/h10-11,16,20H,1-9,12-15H2,(H,33,34)/t20-,24?,25?,26?/m0/s1. The van der Waals surface area contributed by atoms with Gasteiger partial charge in [0.25, 0.3) is 5.91 Å². The molecule has 1 heterocycles. The van der Waals surface area contributed by atoms with Gasteiger partial charge in [-0.3, -0.25) is 9.18 Å². The van der Waals surface area contributed by atoms with Crippen molar-refractivity contribution in [2.45, 2.75) is 87.5 Å². The molecular formula is C26H31F4NO4. The van der Waals surface area contributed by atoms with Gasteiger partial charge in [0.15, 0.2) is 0 Å². The SMILES string of the molecule is O=C(O)[C@@H]1CCCN1C(=O)c1cc(C2CC2)c(OCC23CCC(F)(CC(F)(CCF)C2)C3)cc1F. The number of ether oxygens (including phenoxy) is 1. The molecule has 3 saturated carbocycles. The highest BCUT2D eigenvalue weighted by Crippen LogP contribution is 2.60. The Labute approximate surface area is 201 Å². The van der Waals surface area contributed by atoms with E-state index in [0.29, 0.717) is 24.8 Å². The molecule has 3 aliphatic carbocycles. The third kappa shape index (κ3) is 4.62. The summed E-state index contributed by atoms with van der Waals surface area (Å²) >= 11 is 0. The van der Waals surface area contributed by atoms with E-state index in [4.69, 9.17) is 4.74 Å². The van der Waals surface area contributed by atoms with Gasteiger partial charge in [-0.25, -0.2) is 18.0 Å². The normalized spacial score (nSPS) is 34.3. The molecule has 4 fully saturated rings. The average Bonchev–Trinajstić information content (AvgIpc) is 3.43. The third-order valence-corrected chi connectivity index (χ3v) is 8.34. The molecule has 1 aromatic carbocycles. The highest BCUT2D eigenvalue weighted by Gasteiger charge is 2.60. The Kier molecular flexibility index (Phi) is 6.03. The molecule has 1 amide bonds. The van der Waals surface area contributed by atoms with E-state index in [0.717, 1.165) is 18.9 Å². The number of carboxylic acid groups (broad SMARTS) is 1. The molecule has 0 spiro atoms. The average molecular weight is 498 g/mol. The van der Waals surface area contributed by atoms with Gasteiger partial charge in [0.05, 0.1) is 18.8 Å². The van der Waals surface area contributed by atoms with Gasteiger partial charge < -0.3 is 14.7 Å². The zero-order chi connectivity index (χ0) is 25.0. The molecular weight excluding hydrogens is 466 g/mol. The fraction of sp³-hybridized carbons (Fsp3) is 0.692. The van der Waals surface area contributed by atoms with Crippen LogP contribution in [-0.2, 0) is 4.79 Å². The van der Waals surface area contributed by atoms with Crippen molar-refractivity contribution in [3.8, 4) is 5.75 Å². The molecule has 5 rings (SSSR count). The molecule has 3 unspecified atom stereocenters. The minimum atomic E-state index is -1.92. The van der Waals surface area contributed by atoms with Crippen LogP contribution >= 0.6 is 0 Å². The number of carboxylic acids is 1. The number of rotatable bonds is 8. The molecule has 1 saturated heterocycles. The van der Waals surface area contributed by atoms with Crippen LogP contribution in [0.3, 0.4) is 0 Å². The van der Waals surface area contributed by atoms with E-state index in [2.05, 4.69) is 0 Å². The molecule has 1 aromatic rings. The van der Waals surface area contributed by atoms with E-state index >= 15 is 13.2 Å². The molecule has 35 heavy (non-hydrogen) atoms. The number of hydrogen-bond donors (Lipinski definition) is 1. The predicted molar refractivity (Wildman–Crippen MR) is 119 cm³/mol. The van der Waals surface area contributed by atoms with Gasteiger partial charge in [0.2, 0.25) is 0 Å². The number of hydrogen-bond acceptors (Lipinski definition) is 3. The van der Waals surface area contributed by atoms with E-state index in [-0.39, 0.29) is 62.5 Å². The van der Waals surface area contributed by atoms with E-state index in [9.17, 15) is 19.1 Å². The largest absolute Gasteiger partial charge is 0.493 e. The maximum Gasteiger partial charge on any atom is 0.326 e.